The number of pyridine rings is 1. The van der Waals surface area contributed by atoms with Crippen molar-refractivity contribution in [3.63, 3.8) is 0 Å². The van der Waals surface area contributed by atoms with Crippen LogP contribution in [0.15, 0.2) is 24.5 Å². The van der Waals surface area contributed by atoms with E-state index in [1.807, 2.05) is 26.0 Å². The van der Waals surface area contributed by atoms with Gasteiger partial charge in [-0.3, -0.25) is 0 Å². The van der Waals surface area contributed by atoms with Gasteiger partial charge in [-0.15, -0.1) is 11.5 Å². The van der Waals surface area contributed by atoms with Gasteiger partial charge in [0.15, 0.2) is 0 Å². The minimum absolute atomic E-state index is 0. The van der Waals surface area contributed by atoms with Crippen LogP contribution in [0, 0.1) is 6.07 Å². The minimum atomic E-state index is 0. The third-order valence-corrected chi connectivity index (χ3v) is 1.24. The molecule has 0 bridgehead atoms. The van der Waals surface area contributed by atoms with Crippen LogP contribution in [0.3, 0.4) is 0 Å². The second kappa shape index (κ2) is 5.87. The summed E-state index contributed by atoms with van der Waals surface area (Å²) in [5.41, 5.74) is 0.900. The maximum atomic E-state index is 4.05. The Hall–Kier alpha value is -0.726. The molecule has 2 heterocycles. The summed E-state index contributed by atoms with van der Waals surface area (Å²) in [5, 5.41) is 1.04. The minimum Gasteiger partial charge on any atom is -0.410 e. The number of hydrogen-bond acceptors (Lipinski definition) is 1. The van der Waals surface area contributed by atoms with Crippen LogP contribution in [0.1, 0.15) is 13.8 Å². The monoisotopic (exact) mass is 198 g/mol. The molecular weight excluding hydrogens is 187 g/mol. The molecule has 63 valence electrons. The Balaban J connectivity index is 0.000000378. The number of fused-ring (bicyclic) bond motifs is 1. The molecule has 12 heavy (non-hydrogen) atoms. The van der Waals surface area contributed by atoms with Gasteiger partial charge in [-0.25, -0.2) is 0 Å². The molecule has 0 aliphatic carbocycles. The first-order valence-corrected chi connectivity index (χ1v) is 3.76. The molecule has 0 fully saturated rings. The van der Waals surface area contributed by atoms with Crippen LogP contribution in [0.2, 0.25) is 0 Å². The Morgan fingerprint density at radius 3 is 2.83 bits per heavy atom. The zero-order chi connectivity index (χ0) is 8.10. The Kier molecular flexibility index (Phi) is 5.51. The Morgan fingerprint density at radius 2 is 2.17 bits per heavy atom. The van der Waals surface area contributed by atoms with Gasteiger partial charge in [-0.2, -0.15) is 12.1 Å². The van der Waals surface area contributed by atoms with Crippen LogP contribution < -0.4 is 0 Å². The van der Waals surface area contributed by atoms with Gasteiger partial charge in [0, 0.05) is 30.4 Å². The average molecular weight is 198 g/mol. The summed E-state index contributed by atoms with van der Waals surface area (Å²) in [4.78, 5) is 7.01. The van der Waals surface area contributed by atoms with Crippen LogP contribution in [0.5, 0.6) is 0 Å². The number of aromatic amines is 1. The Bertz CT molecular complexity index is 287. The summed E-state index contributed by atoms with van der Waals surface area (Å²) in [6.45, 7) is 4.00. The van der Waals surface area contributed by atoms with E-state index in [-0.39, 0.29) is 18.6 Å². The van der Waals surface area contributed by atoms with Crippen molar-refractivity contribution < 1.29 is 18.6 Å². The zero-order valence-corrected chi connectivity index (χ0v) is 8.60. The maximum absolute atomic E-state index is 4.05. The smallest absolute Gasteiger partial charge is 0.0234 e. The molecule has 1 radical (unpaired) electrons. The van der Waals surface area contributed by atoms with E-state index >= 15 is 0 Å². The molecule has 0 saturated heterocycles. The summed E-state index contributed by atoms with van der Waals surface area (Å²) < 4.78 is 0. The van der Waals surface area contributed by atoms with Gasteiger partial charge in [0.05, 0.1) is 0 Å². The third-order valence-electron chi connectivity index (χ3n) is 1.24. The molecule has 3 heteroatoms. The van der Waals surface area contributed by atoms with E-state index in [0.29, 0.717) is 0 Å². The number of H-pyrrole nitrogens is 1. The predicted octanol–water partition coefficient (Wildman–Crippen LogP) is 2.39. The first kappa shape index (κ1) is 11.3. The molecule has 2 aromatic rings. The second-order valence-electron chi connectivity index (χ2n) is 1.83. The Labute approximate surface area is 84.3 Å². The fourth-order valence-electron chi connectivity index (χ4n) is 0.819. The summed E-state index contributed by atoms with van der Waals surface area (Å²) in [6, 6.07) is 6.87. The van der Waals surface area contributed by atoms with Gasteiger partial charge in [0.2, 0.25) is 0 Å². The second-order valence-corrected chi connectivity index (χ2v) is 1.83. The summed E-state index contributed by atoms with van der Waals surface area (Å²) in [6.07, 6.45) is 3.52. The van der Waals surface area contributed by atoms with E-state index in [1.54, 1.807) is 12.4 Å². The average Bonchev–Trinajstić information content (AvgIpc) is 2.55. The molecule has 0 aliphatic heterocycles. The summed E-state index contributed by atoms with van der Waals surface area (Å²) >= 11 is 0. The van der Waals surface area contributed by atoms with E-state index in [4.69, 9.17) is 0 Å². The topological polar surface area (TPSA) is 28.7 Å². The molecule has 2 aromatic heterocycles. The van der Waals surface area contributed by atoms with Crippen molar-refractivity contribution in [2.75, 3.05) is 0 Å². The van der Waals surface area contributed by atoms with E-state index in [2.05, 4.69) is 16.0 Å². The predicted molar refractivity (Wildman–Crippen MR) is 46.3 cm³/mol. The zero-order valence-electron chi connectivity index (χ0n) is 7.20. The standard InChI is InChI=1S/C7H5N2.C2H6.V/c1-2-6-3-5-9-7(6)8-4-1;1-2;/h1-2,4-5H,(H,8,9);1-2H3;/q-1;;. The molecule has 2 rings (SSSR count). The van der Waals surface area contributed by atoms with Crippen LogP contribution in [-0.2, 0) is 18.6 Å². The fourth-order valence-corrected chi connectivity index (χ4v) is 0.819. The van der Waals surface area contributed by atoms with Gasteiger partial charge in [0.1, 0.15) is 0 Å². The van der Waals surface area contributed by atoms with Crippen molar-refractivity contribution in [2.24, 2.45) is 0 Å². The third kappa shape index (κ3) is 2.40. The number of hydrogen-bond donors (Lipinski definition) is 1. The first-order valence-electron chi connectivity index (χ1n) is 3.76. The number of aromatic nitrogens is 2. The maximum Gasteiger partial charge on any atom is 0.0234 e. The molecule has 0 aliphatic rings. The number of nitrogens with one attached hydrogen (secondary N) is 1. The van der Waals surface area contributed by atoms with E-state index in [1.165, 1.54) is 0 Å². The van der Waals surface area contributed by atoms with Gasteiger partial charge in [-0.05, 0) is 0 Å². The van der Waals surface area contributed by atoms with Gasteiger partial charge in [0.25, 0.3) is 0 Å². The SMILES string of the molecule is CC.[V].[c-]1c[nH]c2ncccc12. The summed E-state index contributed by atoms with van der Waals surface area (Å²) in [7, 11) is 0. The normalized spacial score (nSPS) is 8.17. The van der Waals surface area contributed by atoms with Crippen LogP contribution in [0.4, 0.5) is 0 Å². The molecule has 0 saturated carbocycles. The van der Waals surface area contributed by atoms with Gasteiger partial charge in [-0.1, -0.05) is 20.0 Å². The fraction of sp³-hybridized carbons (Fsp3) is 0.222. The largest absolute Gasteiger partial charge is 0.410 e. The van der Waals surface area contributed by atoms with Crippen molar-refractivity contribution in [2.45, 2.75) is 13.8 Å². The van der Waals surface area contributed by atoms with Crippen LogP contribution >= 0.6 is 0 Å². The number of rotatable bonds is 0. The van der Waals surface area contributed by atoms with Crippen molar-refractivity contribution in [3.05, 3.63) is 30.6 Å². The Morgan fingerprint density at radius 1 is 1.42 bits per heavy atom. The molecule has 2 nitrogen and oxygen atoms in total. The molecule has 0 unspecified atom stereocenters. The van der Waals surface area contributed by atoms with E-state index in [0.717, 1.165) is 11.0 Å². The van der Waals surface area contributed by atoms with Crippen molar-refractivity contribution in [1.82, 2.24) is 9.97 Å². The van der Waals surface area contributed by atoms with Crippen molar-refractivity contribution >= 4 is 11.0 Å². The quantitative estimate of drug-likeness (QED) is 0.647. The van der Waals surface area contributed by atoms with Crippen LogP contribution in [-0.4, -0.2) is 9.97 Å². The molecule has 0 aromatic carbocycles. The van der Waals surface area contributed by atoms with Crippen LogP contribution in [0.25, 0.3) is 11.0 Å². The molecule has 0 atom stereocenters. The van der Waals surface area contributed by atoms with E-state index < -0.39 is 0 Å². The molecular formula is C9H11N2V-. The van der Waals surface area contributed by atoms with Gasteiger partial charge < -0.3 is 9.97 Å². The van der Waals surface area contributed by atoms with E-state index in [9.17, 15) is 0 Å². The summed E-state index contributed by atoms with van der Waals surface area (Å²) in [5.74, 6) is 0. The van der Waals surface area contributed by atoms with Crippen molar-refractivity contribution in [1.29, 1.82) is 0 Å². The molecule has 0 spiro atoms. The molecule has 0 amide bonds. The van der Waals surface area contributed by atoms with Gasteiger partial charge >= 0.3 is 0 Å². The number of nitrogens with zero attached hydrogens (tertiary/aromatic N) is 1. The molecule has 1 N–H and O–H groups in total. The van der Waals surface area contributed by atoms with Crippen molar-refractivity contribution in [3.8, 4) is 0 Å². The first-order chi connectivity index (χ1) is 5.47.